The van der Waals surface area contributed by atoms with Crippen molar-refractivity contribution >= 4 is 54.8 Å². The van der Waals surface area contributed by atoms with Crippen LogP contribution in [0.4, 0.5) is 0 Å². The predicted octanol–water partition coefficient (Wildman–Crippen LogP) is -11.9. The summed E-state index contributed by atoms with van der Waals surface area (Å²) in [6, 6.07) is 0. The van der Waals surface area contributed by atoms with Crippen LogP contribution in [-0.4, -0.2) is 61.7 Å². The van der Waals surface area contributed by atoms with E-state index in [1.165, 1.54) is 0 Å². The Labute approximate surface area is 155 Å². The van der Waals surface area contributed by atoms with E-state index in [0.29, 0.717) is 0 Å². The van der Waals surface area contributed by atoms with Crippen molar-refractivity contribution in [3.8, 4) is 0 Å². The molecule has 19 heteroatoms. The maximum absolute atomic E-state index is 8.93. The number of rotatable bonds is 0. The molecule has 0 aromatic heterocycles. The zero-order valence-corrected chi connectivity index (χ0v) is 16.0. The smallest absolute Gasteiger partial charge is 0.369 e. The van der Waals surface area contributed by atoms with Crippen LogP contribution in [0.3, 0.4) is 0 Å². The molecule has 0 amide bonds. The number of carboxylic acids is 6. The molecule has 0 aliphatic carbocycles. The van der Waals surface area contributed by atoms with Crippen molar-refractivity contribution in [2.75, 3.05) is 0 Å². The van der Waals surface area contributed by atoms with Gasteiger partial charge in [-0.3, -0.25) is 0 Å². The summed E-state index contributed by atoms with van der Waals surface area (Å²) in [5.41, 5.74) is 0. The van der Waals surface area contributed by atoms with Crippen molar-refractivity contribution in [2.45, 2.75) is 0 Å². The molecule has 142 valence electrons. The number of carbonyl (C=O) groups is 6. The monoisotopic (exact) mass is 571 g/mol. The summed E-state index contributed by atoms with van der Waals surface area (Å²) in [7, 11) is 0. The quantitative estimate of drug-likeness (QED) is 0.180. The van der Waals surface area contributed by atoms with Crippen LogP contribution in [0.15, 0.2) is 0 Å². The Morgan fingerprint density at radius 3 is 0.560 bits per heavy atom. The van der Waals surface area contributed by atoms with Crippen molar-refractivity contribution in [1.82, 2.24) is 6.15 Å². The van der Waals surface area contributed by atoms with Crippen LogP contribution in [0.2, 0.25) is 0 Å². The zero-order chi connectivity index (χ0) is 20.0. The van der Waals surface area contributed by atoms with E-state index in [4.69, 9.17) is 72.6 Å². The molecule has 0 aromatic carbocycles. The standard InChI is InChI=1S/3C2H2O4.H3N.Nb.H2O4Te/c3*3-1(4)2(5)6;;;1-5(2,3)4/h3*(H,3,4)(H,5,6);1H3;;(H2,1,2,3,4)/q;;;;+5;/p-5. The molecule has 0 spiro atoms. The van der Waals surface area contributed by atoms with Crippen LogP contribution in [0, 0.1) is 0 Å². The SMILES string of the molecule is O=C([O-])C(=O)[O-].O=C([O-])C(=O)[O-].O=C([O-])C(=O)[O-].O=[Te](=O)(O)O.[NH4+].[Nb+5]. The van der Waals surface area contributed by atoms with E-state index in [1.807, 2.05) is 0 Å². The van der Waals surface area contributed by atoms with Gasteiger partial charge in [0, 0.05) is 0 Å². The maximum atomic E-state index is 8.93. The van der Waals surface area contributed by atoms with Crippen molar-refractivity contribution in [3.63, 3.8) is 0 Å². The van der Waals surface area contributed by atoms with E-state index in [0.717, 1.165) is 0 Å². The van der Waals surface area contributed by atoms with Gasteiger partial charge in [-0.1, -0.05) is 0 Å². The van der Waals surface area contributed by atoms with Gasteiger partial charge in [-0.15, -0.1) is 0 Å². The van der Waals surface area contributed by atoms with Crippen molar-refractivity contribution in [3.05, 3.63) is 0 Å². The maximum Gasteiger partial charge on any atom is 5.00 e. The fraction of sp³-hybridized carbons (Fsp3) is 0. The topological polar surface area (TPSA) is 352 Å². The number of hydrogen-bond donors (Lipinski definition) is 3. The third-order valence-corrected chi connectivity index (χ3v) is 0.500. The zero-order valence-electron chi connectivity index (χ0n) is 11.5. The van der Waals surface area contributed by atoms with Crippen LogP contribution >= 0.6 is 0 Å². The molecule has 0 bridgehead atoms. The summed E-state index contributed by atoms with van der Waals surface area (Å²) in [6.07, 6.45) is 0. The molecular formula is C6H6NNbO16Te. The molecule has 6 N–H and O–H groups in total. The summed E-state index contributed by atoms with van der Waals surface area (Å²) >= 11 is -5.52. The Morgan fingerprint density at radius 2 is 0.560 bits per heavy atom. The Balaban J connectivity index is -0.0000000470. The fourth-order valence-corrected chi connectivity index (χ4v) is 0. The van der Waals surface area contributed by atoms with Gasteiger partial charge in [0.1, 0.15) is 0 Å². The summed E-state index contributed by atoms with van der Waals surface area (Å²) in [4.78, 5) is 53.6. The molecule has 25 heavy (non-hydrogen) atoms. The number of aliphatic carboxylic acids is 6. The first kappa shape index (κ1) is 38.4. The van der Waals surface area contributed by atoms with Gasteiger partial charge in [-0.2, -0.15) is 0 Å². The van der Waals surface area contributed by atoms with Gasteiger partial charge in [-0.25, -0.2) is 0 Å². The molecule has 17 nitrogen and oxygen atoms in total. The summed E-state index contributed by atoms with van der Waals surface area (Å²) in [5.74, 6) is -13.1. The minimum Gasteiger partial charge on any atom is -0.369 e. The van der Waals surface area contributed by atoms with Gasteiger partial charge in [0.05, 0.1) is 35.8 Å². The third kappa shape index (κ3) is 88.8. The largest absolute Gasteiger partial charge is 5.00 e. The van der Waals surface area contributed by atoms with E-state index in [1.54, 1.807) is 0 Å². The number of quaternary nitrogens is 1. The normalized spacial score (nSPS) is 7.60. The molecule has 0 fully saturated rings. The van der Waals surface area contributed by atoms with Crippen LogP contribution in [-0.2, 0) is 57.4 Å². The minimum absolute atomic E-state index is 0. The molecule has 0 rings (SSSR count). The summed E-state index contributed by atoms with van der Waals surface area (Å²) in [6.45, 7) is 0. The second-order valence-electron chi connectivity index (χ2n) is 2.17. The fourth-order valence-electron chi connectivity index (χ4n) is 0. The molecule has 0 aliphatic rings. The van der Waals surface area contributed by atoms with Crippen LogP contribution in [0.25, 0.3) is 0 Å². The van der Waals surface area contributed by atoms with Crippen LogP contribution in [0.1, 0.15) is 0 Å². The Hall–Kier alpha value is -2.17. The first-order chi connectivity index (χ1) is 9.93. The molecule has 0 radical (unpaired) electrons. The second kappa shape index (κ2) is 19.9. The predicted molar refractivity (Wildman–Crippen MR) is 47.6 cm³/mol. The van der Waals surface area contributed by atoms with E-state index < -0.39 is 54.8 Å². The van der Waals surface area contributed by atoms with Crippen molar-refractivity contribution in [1.29, 1.82) is 0 Å². The molecule has 0 heterocycles. The molecule has 0 saturated heterocycles. The minimum atomic E-state index is -5.52. The molecule has 0 aliphatic heterocycles. The molecule has 0 saturated carbocycles. The van der Waals surface area contributed by atoms with Gasteiger partial charge in [0.25, 0.3) is 0 Å². The van der Waals surface area contributed by atoms with Gasteiger partial charge in [0.15, 0.2) is 0 Å². The molecule has 0 atom stereocenters. The number of carbonyl (C=O) groups excluding carboxylic acids is 6. The summed E-state index contributed by atoms with van der Waals surface area (Å²) < 4.78 is 32.0. The number of carboxylic acid groups (broad SMARTS) is 6. The van der Waals surface area contributed by atoms with Gasteiger partial charge in [0.2, 0.25) is 0 Å². The van der Waals surface area contributed by atoms with E-state index >= 15 is 0 Å². The average Bonchev–Trinajstić information content (AvgIpc) is 2.27. The van der Waals surface area contributed by atoms with Crippen molar-refractivity contribution < 1.29 is 94.9 Å². The molecular weight excluding hydrogens is 563 g/mol. The van der Waals surface area contributed by atoms with Gasteiger partial charge in [-0.05, 0) is 0 Å². The second-order valence-corrected chi connectivity index (χ2v) is 4.73. The summed E-state index contributed by atoms with van der Waals surface area (Å²) in [5, 5.41) is 53.6. The Bertz CT molecular complexity index is 464. The Kier molecular flexibility index (Phi) is 30.5. The molecule has 0 unspecified atom stereocenters. The molecule has 0 aromatic rings. The van der Waals surface area contributed by atoms with Gasteiger partial charge >= 0.3 is 54.5 Å². The van der Waals surface area contributed by atoms with Crippen LogP contribution in [0.5, 0.6) is 0 Å². The Morgan fingerprint density at radius 1 is 0.520 bits per heavy atom. The van der Waals surface area contributed by atoms with Crippen LogP contribution < -0.4 is 36.8 Å². The first-order valence-electron chi connectivity index (χ1n) is 3.90. The van der Waals surface area contributed by atoms with Gasteiger partial charge < -0.3 is 65.6 Å². The first-order valence-corrected chi connectivity index (χ1v) is 7.89. The van der Waals surface area contributed by atoms with E-state index in [-0.39, 0.29) is 28.5 Å². The number of hydrogen-bond acceptors (Lipinski definition) is 14. The van der Waals surface area contributed by atoms with E-state index in [9.17, 15) is 0 Å². The van der Waals surface area contributed by atoms with E-state index in [2.05, 4.69) is 0 Å². The average molecular weight is 569 g/mol. The third-order valence-electron chi connectivity index (χ3n) is 0.500. The van der Waals surface area contributed by atoms with Crippen molar-refractivity contribution in [2.24, 2.45) is 0 Å².